The highest BCUT2D eigenvalue weighted by molar-refractivity contribution is 6.30. The van der Waals surface area contributed by atoms with E-state index in [2.05, 4.69) is 5.32 Å². The van der Waals surface area contributed by atoms with Crippen LogP contribution in [0, 0.1) is 0 Å². The van der Waals surface area contributed by atoms with Gasteiger partial charge in [-0.15, -0.1) is 0 Å². The number of methoxy groups -OCH3 is 3. The molecule has 0 radical (unpaired) electrons. The van der Waals surface area contributed by atoms with E-state index >= 15 is 0 Å². The van der Waals surface area contributed by atoms with E-state index < -0.39 is 11.9 Å². The second-order valence-corrected chi connectivity index (χ2v) is 6.40. The monoisotopic (exact) mass is 402 g/mol. The number of halogens is 1. The molecular formula is C20H19ClN2O5. The van der Waals surface area contributed by atoms with E-state index in [1.54, 1.807) is 42.5 Å². The largest absolute Gasteiger partial charge is 0.493 e. The lowest BCUT2D eigenvalue weighted by molar-refractivity contribution is -0.123. The molecule has 0 atom stereocenters. The number of nitrogens with one attached hydrogen (secondary N) is 1. The quantitative estimate of drug-likeness (QED) is 0.591. The molecule has 8 heteroatoms. The number of urea groups is 1. The zero-order valence-electron chi connectivity index (χ0n) is 15.6. The van der Waals surface area contributed by atoms with Gasteiger partial charge in [-0.3, -0.25) is 9.69 Å². The SMILES string of the molecule is COc1cc(/C=C2/NC(=O)N(Cc3ccc(Cl)cc3)C2=O)cc(OC)c1OC. The van der Waals surface area contributed by atoms with Crippen molar-refractivity contribution in [2.24, 2.45) is 0 Å². The second kappa shape index (κ2) is 8.22. The highest BCUT2D eigenvalue weighted by Gasteiger charge is 2.33. The fourth-order valence-electron chi connectivity index (χ4n) is 2.84. The normalized spacial score (nSPS) is 15.0. The summed E-state index contributed by atoms with van der Waals surface area (Å²) in [5, 5.41) is 3.18. The predicted molar refractivity (Wildman–Crippen MR) is 105 cm³/mol. The van der Waals surface area contributed by atoms with Crippen molar-refractivity contribution in [1.82, 2.24) is 10.2 Å². The van der Waals surface area contributed by atoms with E-state index in [0.29, 0.717) is 27.8 Å². The Bertz CT molecular complexity index is 915. The Morgan fingerprint density at radius 2 is 1.61 bits per heavy atom. The minimum absolute atomic E-state index is 0.147. The summed E-state index contributed by atoms with van der Waals surface area (Å²) in [5.74, 6) is 0.916. The van der Waals surface area contributed by atoms with Gasteiger partial charge in [0.05, 0.1) is 27.9 Å². The summed E-state index contributed by atoms with van der Waals surface area (Å²) < 4.78 is 15.9. The molecule has 1 aliphatic heterocycles. The highest BCUT2D eigenvalue weighted by Crippen LogP contribution is 2.38. The second-order valence-electron chi connectivity index (χ2n) is 5.96. The van der Waals surface area contributed by atoms with Crippen molar-refractivity contribution < 1.29 is 23.8 Å². The molecule has 0 spiro atoms. The van der Waals surface area contributed by atoms with Crippen molar-refractivity contribution in [2.45, 2.75) is 6.54 Å². The molecule has 0 aliphatic carbocycles. The van der Waals surface area contributed by atoms with Crippen LogP contribution in [0.15, 0.2) is 42.1 Å². The molecule has 1 fully saturated rings. The summed E-state index contributed by atoms with van der Waals surface area (Å²) in [6.07, 6.45) is 1.56. The van der Waals surface area contributed by atoms with Gasteiger partial charge in [0.2, 0.25) is 5.75 Å². The molecule has 0 unspecified atom stereocenters. The lowest BCUT2D eigenvalue weighted by Crippen LogP contribution is -2.30. The summed E-state index contributed by atoms with van der Waals surface area (Å²) in [6, 6.07) is 9.85. The maximum atomic E-state index is 12.7. The smallest absolute Gasteiger partial charge is 0.329 e. The van der Waals surface area contributed by atoms with Crippen LogP contribution >= 0.6 is 11.6 Å². The van der Waals surface area contributed by atoms with Crippen molar-refractivity contribution >= 4 is 29.6 Å². The predicted octanol–water partition coefficient (Wildman–Crippen LogP) is 3.46. The van der Waals surface area contributed by atoms with Crippen molar-refractivity contribution in [2.75, 3.05) is 21.3 Å². The van der Waals surface area contributed by atoms with Gasteiger partial charge in [0.1, 0.15) is 5.70 Å². The first-order valence-corrected chi connectivity index (χ1v) is 8.73. The summed E-state index contributed by atoms with van der Waals surface area (Å²) in [5.41, 5.74) is 1.57. The van der Waals surface area contributed by atoms with Crippen LogP contribution in [0.4, 0.5) is 4.79 Å². The maximum Gasteiger partial charge on any atom is 0.329 e. The molecular weight excluding hydrogens is 384 g/mol. The molecule has 7 nitrogen and oxygen atoms in total. The standard InChI is InChI=1S/C20H19ClN2O5/c1-26-16-9-13(10-17(27-2)18(16)28-3)8-15-19(24)23(20(25)22-15)11-12-4-6-14(21)7-5-12/h4-10H,11H2,1-3H3,(H,22,25)/b15-8+. The van der Waals surface area contributed by atoms with Gasteiger partial charge in [-0.2, -0.15) is 0 Å². The molecule has 3 rings (SSSR count). The number of nitrogens with zero attached hydrogens (tertiary/aromatic N) is 1. The Kier molecular flexibility index (Phi) is 5.75. The average molecular weight is 403 g/mol. The van der Waals surface area contributed by atoms with E-state index in [9.17, 15) is 9.59 Å². The number of carbonyl (C=O) groups is 2. The number of benzene rings is 2. The van der Waals surface area contributed by atoms with E-state index in [0.717, 1.165) is 10.5 Å². The van der Waals surface area contributed by atoms with Crippen LogP contribution in [0.25, 0.3) is 6.08 Å². The summed E-state index contributed by atoms with van der Waals surface area (Å²) in [6.45, 7) is 0.147. The molecule has 0 bridgehead atoms. The third kappa shape index (κ3) is 3.89. The Morgan fingerprint density at radius 3 is 2.14 bits per heavy atom. The Morgan fingerprint density at radius 1 is 1.00 bits per heavy atom. The maximum absolute atomic E-state index is 12.7. The summed E-state index contributed by atoms with van der Waals surface area (Å²) >= 11 is 5.87. The molecule has 1 N–H and O–H groups in total. The number of hydrogen-bond donors (Lipinski definition) is 1. The fraction of sp³-hybridized carbons (Fsp3) is 0.200. The zero-order valence-corrected chi connectivity index (χ0v) is 16.4. The molecule has 2 aromatic carbocycles. The Labute approximate surface area is 167 Å². The van der Waals surface area contributed by atoms with Crippen LogP contribution in [0.5, 0.6) is 17.2 Å². The molecule has 0 saturated carbocycles. The van der Waals surface area contributed by atoms with Crippen molar-refractivity contribution in [3.05, 3.63) is 58.2 Å². The number of rotatable bonds is 6. The molecule has 3 amide bonds. The van der Waals surface area contributed by atoms with Crippen molar-refractivity contribution in [3.8, 4) is 17.2 Å². The van der Waals surface area contributed by atoms with Crippen molar-refractivity contribution in [1.29, 1.82) is 0 Å². The molecule has 28 heavy (non-hydrogen) atoms. The molecule has 1 heterocycles. The lowest BCUT2D eigenvalue weighted by atomic mass is 10.1. The zero-order chi connectivity index (χ0) is 20.3. The van der Waals surface area contributed by atoms with Gasteiger partial charge in [0.25, 0.3) is 5.91 Å². The summed E-state index contributed by atoms with van der Waals surface area (Å²) in [4.78, 5) is 26.1. The first-order chi connectivity index (χ1) is 13.5. The van der Waals surface area contributed by atoms with E-state index in [1.165, 1.54) is 21.3 Å². The van der Waals surface area contributed by atoms with Crippen LogP contribution in [0.3, 0.4) is 0 Å². The third-order valence-electron chi connectivity index (χ3n) is 4.21. The van der Waals surface area contributed by atoms with E-state index in [-0.39, 0.29) is 12.2 Å². The number of ether oxygens (including phenoxy) is 3. The van der Waals surface area contributed by atoms with Gasteiger partial charge in [0, 0.05) is 5.02 Å². The molecule has 1 aliphatic rings. The Hall–Kier alpha value is -3.19. The number of hydrogen-bond acceptors (Lipinski definition) is 5. The molecule has 2 aromatic rings. The van der Waals surface area contributed by atoms with Crippen LogP contribution in [0.1, 0.15) is 11.1 Å². The van der Waals surface area contributed by atoms with Crippen LogP contribution in [0.2, 0.25) is 5.02 Å². The first-order valence-electron chi connectivity index (χ1n) is 8.35. The Balaban J connectivity index is 1.88. The molecule has 0 aromatic heterocycles. The third-order valence-corrected chi connectivity index (χ3v) is 4.47. The first kappa shape index (κ1) is 19.6. The number of imide groups is 1. The van der Waals surface area contributed by atoms with Gasteiger partial charge >= 0.3 is 6.03 Å². The van der Waals surface area contributed by atoms with Crippen LogP contribution in [-0.4, -0.2) is 38.2 Å². The van der Waals surface area contributed by atoms with Gasteiger partial charge in [-0.1, -0.05) is 23.7 Å². The fourth-order valence-corrected chi connectivity index (χ4v) is 2.96. The van der Waals surface area contributed by atoms with Crippen LogP contribution in [-0.2, 0) is 11.3 Å². The van der Waals surface area contributed by atoms with Gasteiger partial charge < -0.3 is 19.5 Å². The molecule has 1 saturated heterocycles. The van der Waals surface area contributed by atoms with Gasteiger partial charge in [-0.25, -0.2) is 4.79 Å². The number of carbonyl (C=O) groups excluding carboxylic acids is 2. The van der Waals surface area contributed by atoms with E-state index in [4.69, 9.17) is 25.8 Å². The van der Waals surface area contributed by atoms with Crippen molar-refractivity contribution in [3.63, 3.8) is 0 Å². The van der Waals surface area contributed by atoms with Gasteiger partial charge in [-0.05, 0) is 41.5 Å². The minimum Gasteiger partial charge on any atom is -0.493 e. The topological polar surface area (TPSA) is 77.1 Å². The van der Waals surface area contributed by atoms with Crippen LogP contribution < -0.4 is 19.5 Å². The van der Waals surface area contributed by atoms with Gasteiger partial charge in [0.15, 0.2) is 11.5 Å². The van der Waals surface area contributed by atoms with E-state index in [1.807, 2.05) is 0 Å². The molecule has 146 valence electrons. The number of amides is 3. The summed E-state index contributed by atoms with van der Waals surface area (Å²) in [7, 11) is 4.52. The highest BCUT2D eigenvalue weighted by atomic mass is 35.5. The minimum atomic E-state index is -0.487. The average Bonchev–Trinajstić information content (AvgIpc) is 2.96. The lowest BCUT2D eigenvalue weighted by Gasteiger charge is -2.13.